The molecule has 1 aliphatic heterocycles. The van der Waals surface area contributed by atoms with Crippen molar-refractivity contribution in [2.45, 2.75) is 24.8 Å². The molecule has 2 rings (SSSR count). The van der Waals surface area contributed by atoms with E-state index < -0.39 is 15.8 Å². The summed E-state index contributed by atoms with van der Waals surface area (Å²) in [6.45, 7) is 6.49. The van der Waals surface area contributed by atoms with Crippen molar-refractivity contribution in [1.29, 1.82) is 0 Å². The van der Waals surface area contributed by atoms with Crippen LogP contribution in [0.25, 0.3) is 0 Å². The molecule has 1 N–H and O–H groups in total. The van der Waals surface area contributed by atoms with Crippen LogP contribution in [0.15, 0.2) is 23.4 Å². The molecule has 0 amide bonds. The van der Waals surface area contributed by atoms with Crippen LogP contribution in [0.3, 0.4) is 0 Å². The molecule has 1 aliphatic rings. The van der Waals surface area contributed by atoms with Crippen LogP contribution < -0.4 is 4.72 Å². The standard InChI is InChI=1S/C12H18FN3O2S/c1-3-16-7-9(2)12(8-16)15-19(17,18)11-4-10(13)5-14-6-11/h4-6,9,12,15H,3,7-8H2,1-2H3/t9-,12-/m0/s1. The number of sulfonamides is 1. The highest BCUT2D eigenvalue weighted by Gasteiger charge is 2.32. The summed E-state index contributed by atoms with van der Waals surface area (Å²) < 4.78 is 40.0. The summed E-state index contributed by atoms with van der Waals surface area (Å²) >= 11 is 0. The van der Waals surface area contributed by atoms with Gasteiger partial charge in [-0.3, -0.25) is 4.98 Å². The Morgan fingerprint density at radius 3 is 2.79 bits per heavy atom. The first-order valence-electron chi connectivity index (χ1n) is 6.27. The molecule has 0 saturated carbocycles. The van der Waals surface area contributed by atoms with Gasteiger partial charge in [-0.1, -0.05) is 13.8 Å². The molecule has 2 heterocycles. The molecule has 1 saturated heterocycles. The highest BCUT2D eigenvalue weighted by molar-refractivity contribution is 7.89. The van der Waals surface area contributed by atoms with E-state index in [9.17, 15) is 12.8 Å². The lowest BCUT2D eigenvalue weighted by Crippen LogP contribution is -2.39. The van der Waals surface area contributed by atoms with E-state index in [0.717, 1.165) is 31.5 Å². The average molecular weight is 287 g/mol. The van der Waals surface area contributed by atoms with Gasteiger partial charge in [-0.25, -0.2) is 17.5 Å². The van der Waals surface area contributed by atoms with E-state index in [2.05, 4.69) is 14.6 Å². The molecule has 0 aliphatic carbocycles. The molecule has 0 bridgehead atoms. The van der Waals surface area contributed by atoms with Gasteiger partial charge in [-0.2, -0.15) is 0 Å². The monoisotopic (exact) mass is 287 g/mol. The normalized spacial score (nSPS) is 24.8. The van der Waals surface area contributed by atoms with Gasteiger partial charge in [-0.15, -0.1) is 0 Å². The van der Waals surface area contributed by atoms with Gasteiger partial charge in [0.1, 0.15) is 10.7 Å². The summed E-state index contributed by atoms with van der Waals surface area (Å²) in [5.74, 6) is -0.422. The second-order valence-corrected chi connectivity index (χ2v) is 6.61. The number of likely N-dealkylation sites (N-methyl/N-ethyl adjacent to an activating group) is 1. The van der Waals surface area contributed by atoms with Crippen molar-refractivity contribution in [3.8, 4) is 0 Å². The number of hydrogen-bond acceptors (Lipinski definition) is 4. The molecule has 2 atom stereocenters. The molecule has 7 heteroatoms. The number of nitrogens with zero attached hydrogens (tertiary/aromatic N) is 2. The number of nitrogens with one attached hydrogen (secondary N) is 1. The van der Waals surface area contributed by atoms with E-state index in [0.29, 0.717) is 6.54 Å². The number of likely N-dealkylation sites (tertiary alicyclic amines) is 1. The minimum atomic E-state index is -3.71. The van der Waals surface area contributed by atoms with Crippen LogP contribution in [0.4, 0.5) is 4.39 Å². The number of pyridine rings is 1. The van der Waals surface area contributed by atoms with Gasteiger partial charge in [0.2, 0.25) is 10.0 Å². The van der Waals surface area contributed by atoms with Crippen LogP contribution in [-0.2, 0) is 10.0 Å². The van der Waals surface area contributed by atoms with E-state index in [1.54, 1.807) is 0 Å². The Labute approximate surface area is 112 Å². The van der Waals surface area contributed by atoms with Crippen molar-refractivity contribution in [1.82, 2.24) is 14.6 Å². The predicted octanol–water partition coefficient (Wildman–Crippen LogP) is 0.839. The smallest absolute Gasteiger partial charge is 0.242 e. The summed E-state index contributed by atoms with van der Waals surface area (Å²) in [6.07, 6.45) is 2.14. The highest BCUT2D eigenvalue weighted by atomic mass is 32.2. The van der Waals surface area contributed by atoms with E-state index in [4.69, 9.17) is 0 Å². The third-order valence-electron chi connectivity index (χ3n) is 3.43. The zero-order valence-electron chi connectivity index (χ0n) is 11.0. The van der Waals surface area contributed by atoms with E-state index in [-0.39, 0.29) is 16.9 Å². The summed E-state index contributed by atoms with van der Waals surface area (Å²) in [5, 5.41) is 0. The molecular weight excluding hydrogens is 269 g/mol. The lowest BCUT2D eigenvalue weighted by molar-refractivity contribution is 0.344. The topological polar surface area (TPSA) is 62.3 Å². The summed E-state index contributed by atoms with van der Waals surface area (Å²) in [5.41, 5.74) is 0. The maximum absolute atomic E-state index is 13.0. The lowest BCUT2D eigenvalue weighted by atomic mass is 10.1. The minimum absolute atomic E-state index is 0.130. The fourth-order valence-electron chi connectivity index (χ4n) is 2.29. The van der Waals surface area contributed by atoms with Crippen molar-refractivity contribution in [2.24, 2.45) is 5.92 Å². The lowest BCUT2D eigenvalue weighted by Gasteiger charge is -2.16. The SMILES string of the molecule is CCN1C[C@H](NS(=O)(=O)c2cncc(F)c2)[C@@H](C)C1. The maximum Gasteiger partial charge on any atom is 0.242 e. The van der Waals surface area contributed by atoms with Crippen LogP contribution in [0, 0.1) is 11.7 Å². The van der Waals surface area contributed by atoms with Crippen LogP contribution in [0.5, 0.6) is 0 Å². The van der Waals surface area contributed by atoms with Crippen LogP contribution in [0.1, 0.15) is 13.8 Å². The second-order valence-electron chi connectivity index (χ2n) is 4.90. The Kier molecular flexibility index (Phi) is 4.17. The third-order valence-corrected chi connectivity index (χ3v) is 4.89. The van der Waals surface area contributed by atoms with Crippen molar-refractivity contribution in [3.05, 3.63) is 24.3 Å². The van der Waals surface area contributed by atoms with Crippen LogP contribution >= 0.6 is 0 Å². The van der Waals surface area contributed by atoms with E-state index >= 15 is 0 Å². The summed E-state index contributed by atoms with van der Waals surface area (Å²) in [7, 11) is -3.71. The minimum Gasteiger partial charge on any atom is -0.302 e. The van der Waals surface area contributed by atoms with Gasteiger partial charge in [0, 0.05) is 25.3 Å². The van der Waals surface area contributed by atoms with Crippen molar-refractivity contribution >= 4 is 10.0 Å². The zero-order chi connectivity index (χ0) is 14.0. The zero-order valence-corrected chi connectivity index (χ0v) is 11.8. The Bertz CT molecular complexity index is 550. The van der Waals surface area contributed by atoms with E-state index in [1.165, 1.54) is 0 Å². The van der Waals surface area contributed by atoms with Gasteiger partial charge in [0.05, 0.1) is 6.20 Å². The van der Waals surface area contributed by atoms with Crippen LogP contribution in [0.2, 0.25) is 0 Å². The average Bonchev–Trinajstić information content (AvgIpc) is 2.70. The molecule has 0 aromatic carbocycles. The van der Waals surface area contributed by atoms with Crippen molar-refractivity contribution < 1.29 is 12.8 Å². The first-order chi connectivity index (χ1) is 8.92. The van der Waals surface area contributed by atoms with E-state index in [1.807, 2.05) is 13.8 Å². The highest BCUT2D eigenvalue weighted by Crippen LogP contribution is 2.18. The van der Waals surface area contributed by atoms with Crippen molar-refractivity contribution in [3.63, 3.8) is 0 Å². The largest absolute Gasteiger partial charge is 0.302 e. The molecule has 1 fully saturated rings. The molecule has 0 spiro atoms. The first kappa shape index (κ1) is 14.4. The Morgan fingerprint density at radius 1 is 1.47 bits per heavy atom. The Hall–Kier alpha value is -1.05. The van der Waals surface area contributed by atoms with Gasteiger partial charge >= 0.3 is 0 Å². The molecule has 1 aromatic rings. The molecular formula is C12H18FN3O2S. The Balaban J connectivity index is 2.14. The molecule has 0 unspecified atom stereocenters. The third kappa shape index (κ3) is 3.29. The fourth-order valence-corrected chi connectivity index (χ4v) is 3.59. The van der Waals surface area contributed by atoms with Gasteiger partial charge in [-0.05, 0) is 18.5 Å². The second kappa shape index (κ2) is 5.52. The van der Waals surface area contributed by atoms with Gasteiger partial charge < -0.3 is 4.90 Å². The number of hydrogen-bond donors (Lipinski definition) is 1. The predicted molar refractivity (Wildman–Crippen MR) is 69.6 cm³/mol. The molecule has 106 valence electrons. The van der Waals surface area contributed by atoms with Crippen molar-refractivity contribution in [2.75, 3.05) is 19.6 Å². The van der Waals surface area contributed by atoms with Gasteiger partial charge in [0.25, 0.3) is 0 Å². The quantitative estimate of drug-likeness (QED) is 0.891. The molecule has 0 radical (unpaired) electrons. The molecule has 1 aromatic heterocycles. The summed E-state index contributed by atoms with van der Waals surface area (Å²) in [4.78, 5) is 5.62. The van der Waals surface area contributed by atoms with Gasteiger partial charge in [0.15, 0.2) is 0 Å². The molecule has 5 nitrogen and oxygen atoms in total. The molecule has 19 heavy (non-hydrogen) atoms. The maximum atomic E-state index is 13.0. The first-order valence-corrected chi connectivity index (χ1v) is 7.76. The van der Waals surface area contributed by atoms with Crippen LogP contribution in [-0.4, -0.2) is 44.0 Å². The number of rotatable bonds is 4. The number of halogens is 1. The Morgan fingerprint density at radius 2 is 2.21 bits per heavy atom. The fraction of sp³-hybridized carbons (Fsp3) is 0.583. The summed E-state index contributed by atoms with van der Waals surface area (Å²) in [6, 6.07) is 0.834. The number of aromatic nitrogens is 1.